The monoisotopic (exact) mass is 590 g/mol. The zero-order valence-corrected chi connectivity index (χ0v) is 24.7. The van der Waals surface area contributed by atoms with Gasteiger partial charge in [-0.25, -0.2) is 15.0 Å². The third kappa shape index (κ3) is 5.40. The maximum atomic E-state index is 5.00. The summed E-state index contributed by atoms with van der Waals surface area (Å²) in [5, 5.41) is 1.11. The molecular weight excluding hydrogens is 564 g/mol. The van der Waals surface area contributed by atoms with Crippen molar-refractivity contribution in [3.8, 4) is 67.5 Å². The van der Waals surface area contributed by atoms with Crippen LogP contribution in [0.4, 0.5) is 0 Å². The number of benzene rings is 4. The lowest BCUT2D eigenvalue weighted by atomic mass is 9.99. The zero-order chi connectivity index (χ0) is 30.7. The number of aromatic nitrogens is 6. The molecule has 8 rings (SSSR count). The van der Waals surface area contributed by atoms with Gasteiger partial charge in [0.2, 0.25) is 0 Å². The summed E-state index contributed by atoms with van der Waals surface area (Å²) in [6, 6.07) is 43.2. The van der Waals surface area contributed by atoms with Gasteiger partial charge in [-0.15, -0.1) is 0 Å². The molecule has 0 aliphatic carbocycles. The highest BCUT2D eigenvalue weighted by molar-refractivity contribution is 5.94. The van der Waals surface area contributed by atoms with E-state index >= 15 is 0 Å². The molecule has 4 aromatic carbocycles. The molecule has 0 saturated heterocycles. The lowest BCUT2D eigenvalue weighted by molar-refractivity contribution is 1.07. The molecule has 46 heavy (non-hydrogen) atoms. The van der Waals surface area contributed by atoms with Gasteiger partial charge in [0.25, 0.3) is 0 Å². The Balaban J connectivity index is 1.25. The zero-order valence-electron chi connectivity index (χ0n) is 24.7. The average molecular weight is 591 g/mol. The summed E-state index contributed by atoms with van der Waals surface area (Å²) in [6.45, 7) is 0. The molecule has 6 heteroatoms. The van der Waals surface area contributed by atoms with Crippen LogP contribution in [0, 0.1) is 0 Å². The van der Waals surface area contributed by atoms with Gasteiger partial charge in [0, 0.05) is 58.6 Å². The Labute approximate surface area is 266 Å². The van der Waals surface area contributed by atoms with Gasteiger partial charge in [0.05, 0.1) is 5.52 Å². The van der Waals surface area contributed by atoms with Crippen molar-refractivity contribution in [3.63, 3.8) is 0 Å². The molecule has 4 heterocycles. The minimum atomic E-state index is 0.559. The SMILES string of the molecule is c1ccc(-c2cncc(-c3nc(-c4ccc(-c5cccc6ncccc56)cc4)nc(-c4cccc(-c5ccncc5)c4)n3)c2)cc1. The Kier molecular flexibility index (Phi) is 7.05. The van der Waals surface area contributed by atoms with Gasteiger partial charge in [-0.3, -0.25) is 15.0 Å². The van der Waals surface area contributed by atoms with Crippen LogP contribution in [0.2, 0.25) is 0 Å². The molecule has 0 radical (unpaired) electrons. The standard InChI is InChI=1S/C40H26N6/c1-2-7-27(8-3-1)33-24-34(26-42-25-33)40-45-38(44-39(46-40)32-10-4-9-31(23-32)28-18-21-41-22-19-28)30-16-14-29(15-17-30)35-11-5-13-37-36(35)12-6-20-43-37/h1-26H. The first kappa shape index (κ1) is 27.2. The summed E-state index contributed by atoms with van der Waals surface area (Å²) < 4.78 is 0. The Hall–Kier alpha value is -6.40. The van der Waals surface area contributed by atoms with E-state index in [1.54, 1.807) is 18.6 Å². The van der Waals surface area contributed by atoms with Gasteiger partial charge in [0.15, 0.2) is 17.5 Å². The van der Waals surface area contributed by atoms with Crippen molar-refractivity contribution in [1.29, 1.82) is 0 Å². The van der Waals surface area contributed by atoms with Crippen molar-refractivity contribution >= 4 is 10.9 Å². The van der Waals surface area contributed by atoms with Crippen molar-refractivity contribution in [1.82, 2.24) is 29.9 Å². The van der Waals surface area contributed by atoms with Crippen LogP contribution in [-0.2, 0) is 0 Å². The van der Waals surface area contributed by atoms with Crippen LogP contribution in [0.5, 0.6) is 0 Å². The van der Waals surface area contributed by atoms with Crippen LogP contribution in [-0.4, -0.2) is 29.9 Å². The highest BCUT2D eigenvalue weighted by Gasteiger charge is 2.15. The topological polar surface area (TPSA) is 77.3 Å². The lowest BCUT2D eigenvalue weighted by Crippen LogP contribution is -2.01. The molecule has 8 aromatic rings. The molecule has 216 valence electrons. The second kappa shape index (κ2) is 11.9. The van der Waals surface area contributed by atoms with Crippen LogP contribution in [0.15, 0.2) is 158 Å². The van der Waals surface area contributed by atoms with Crippen molar-refractivity contribution in [2.24, 2.45) is 0 Å². The Morgan fingerprint density at radius 2 is 0.978 bits per heavy atom. The van der Waals surface area contributed by atoms with Crippen LogP contribution in [0.1, 0.15) is 0 Å². The molecule has 0 fully saturated rings. The molecular formula is C40H26N6. The van der Waals surface area contributed by atoms with Crippen LogP contribution < -0.4 is 0 Å². The van der Waals surface area contributed by atoms with Crippen molar-refractivity contribution in [2.45, 2.75) is 0 Å². The fourth-order valence-corrected chi connectivity index (χ4v) is 5.65. The fraction of sp³-hybridized carbons (Fsp3) is 0. The molecule has 0 amide bonds. The molecule has 0 saturated carbocycles. The van der Waals surface area contributed by atoms with Crippen LogP contribution in [0.3, 0.4) is 0 Å². The third-order valence-corrected chi connectivity index (χ3v) is 7.97. The summed E-state index contributed by atoms with van der Waals surface area (Å²) in [7, 11) is 0. The quantitative estimate of drug-likeness (QED) is 0.192. The van der Waals surface area contributed by atoms with E-state index in [4.69, 9.17) is 15.0 Å². The molecule has 6 nitrogen and oxygen atoms in total. The minimum Gasteiger partial charge on any atom is -0.265 e. The largest absolute Gasteiger partial charge is 0.265 e. The number of hydrogen-bond donors (Lipinski definition) is 0. The van der Waals surface area contributed by atoms with Gasteiger partial charge in [0.1, 0.15) is 0 Å². The van der Waals surface area contributed by atoms with E-state index in [-0.39, 0.29) is 0 Å². The molecule has 0 bridgehead atoms. The summed E-state index contributed by atoms with van der Waals surface area (Å²) >= 11 is 0. The smallest absolute Gasteiger partial charge is 0.165 e. The van der Waals surface area contributed by atoms with Crippen LogP contribution >= 0.6 is 0 Å². The summed E-state index contributed by atoms with van der Waals surface area (Å²) in [4.78, 5) is 28.2. The third-order valence-electron chi connectivity index (χ3n) is 7.97. The molecule has 0 unspecified atom stereocenters. The molecule has 0 spiro atoms. The second-order valence-electron chi connectivity index (χ2n) is 10.9. The Bertz CT molecular complexity index is 2200. The van der Waals surface area contributed by atoms with Gasteiger partial charge in [-0.2, -0.15) is 0 Å². The van der Waals surface area contributed by atoms with E-state index in [1.807, 2.05) is 73.1 Å². The molecule has 0 N–H and O–H groups in total. The lowest BCUT2D eigenvalue weighted by Gasteiger charge is -2.11. The van der Waals surface area contributed by atoms with Gasteiger partial charge < -0.3 is 0 Å². The van der Waals surface area contributed by atoms with E-state index in [0.717, 1.165) is 61.0 Å². The van der Waals surface area contributed by atoms with Crippen molar-refractivity contribution in [3.05, 3.63) is 158 Å². The normalized spacial score (nSPS) is 11.0. The van der Waals surface area contributed by atoms with Gasteiger partial charge in [-0.05, 0) is 64.2 Å². The average Bonchev–Trinajstić information content (AvgIpc) is 3.15. The van der Waals surface area contributed by atoms with Crippen LogP contribution in [0.25, 0.3) is 78.4 Å². The molecule has 0 aliphatic heterocycles. The van der Waals surface area contributed by atoms with E-state index in [1.165, 1.54) is 0 Å². The predicted molar refractivity (Wildman–Crippen MR) is 183 cm³/mol. The molecule has 0 aliphatic rings. The minimum absolute atomic E-state index is 0.559. The van der Waals surface area contributed by atoms with E-state index in [0.29, 0.717) is 17.5 Å². The predicted octanol–water partition coefficient (Wildman–Crippen LogP) is 9.21. The number of fused-ring (bicyclic) bond motifs is 1. The first-order valence-electron chi connectivity index (χ1n) is 15.0. The molecule has 0 atom stereocenters. The Morgan fingerprint density at radius 3 is 1.80 bits per heavy atom. The first-order chi connectivity index (χ1) is 22.8. The maximum Gasteiger partial charge on any atom is 0.165 e. The number of hydrogen-bond acceptors (Lipinski definition) is 6. The number of pyridine rings is 3. The van der Waals surface area contributed by atoms with E-state index in [9.17, 15) is 0 Å². The highest BCUT2D eigenvalue weighted by atomic mass is 15.0. The van der Waals surface area contributed by atoms with Crippen molar-refractivity contribution in [2.75, 3.05) is 0 Å². The van der Waals surface area contributed by atoms with E-state index in [2.05, 4.69) is 81.7 Å². The van der Waals surface area contributed by atoms with Gasteiger partial charge in [-0.1, -0.05) is 91.0 Å². The number of nitrogens with zero attached hydrogens (tertiary/aromatic N) is 6. The first-order valence-corrected chi connectivity index (χ1v) is 15.0. The van der Waals surface area contributed by atoms with E-state index < -0.39 is 0 Å². The summed E-state index contributed by atoms with van der Waals surface area (Å²) in [5.74, 6) is 1.74. The maximum absolute atomic E-state index is 5.00. The summed E-state index contributed by atoms with van der Waals surface area (Å²) in [6.07, 6.45) is 9.09. The van der Waals surface area contributed by atoms with Gasteiger partial charge >= 0.3 is 0 Å². The fourth-order valence-electron chi connectivity index (χ4n) is 5.65. The van der Waals surface area contributed by atoms with Crippen molar-refractivity contribution < 1.29 is 0 Å². The summed E-state index contributed by atoms with van der Waals surface area (Å²) in [5.41, 5.74) is 10.0. The second-order valence-corrected chi connectivity index (χ2v) is 10.9. The molecule has 4 aromatic heterocycles. The number of rotatable bonds is 6. The highest BCUT2D eigenvalue weighted by Crippen LogP contribution is 2.32. The Morgan fingerprint density at radius 1 is 0.348 bits per heavy atom.